The van der Waals surface area contributed by atoms with Crippen LogP contribution in [0.3, 0.4) is 0 Å². The van der Waals surface area contributed by atoms with Gasteiger partial charge in [0.1, 0.15) is 0 Å². The standard InChI is InChI=1S/C10H17NO2/c1-4-8-5-9(12)11(6-8)7-10(2,3)13/h4,8,13H,1,5-7H2,2-3H3. The minimum Gasteiger partial charge on any atom is -0.389 e. The number of hydrogen-bond acceptors (Lipinski definition) is 2. The average molecular weight is 183 g/mol. The molecule has 0 aromatic heterocycles. The summed E-state index contributed by atoms with van der Waals surface area (Å²) in [6.07, 6.45) is 2.35. The first kappa shape index (κ1) is 10.3. The summed E-state index contributed by atoms with van der Waals surface area (Å²) in [5, 5.41) is 9.54. The number of likely N-dealkylation sites (tertiary alicyclic amines) is 1. The molecule has 0 saturated carbocycles. The molecule has 1 N–H and O–H groups in total. The van der Waals surface area contributed by atoms with Crippen LogP contribution in [0.4, 0.5) is 0 Å². The maximum Gasteiger partial charge on any atom is 0.223 e. The van der Waals surface area contributed by atoms with E-state index in [2.05, 4.69) is 6.58 Å². The molecule has 1 heterocycles. The van der Waals surface area contributed by atoms with Gasteiger partial charge in [-0.05, 0) is 13.8 Å². The van der Waals surface area contributed by atoms with Crippen LogP contribution in [0.1, 0.15) is 20.3 Å². The van der Waals surface area contributed by atoms with E-state index in [1.54, 1.807) is 18.7 Å². The molecular formula is C10H17NO2. The van der Waals surface area contributed by atoms with Gasteiger partial charge in [0.15, 0.2) is 0 Å². The first-order valence-corrected chi connectivity index (χ1v) is 4.55. The van der Waals surface area contributed by atoms with Gasteiger partial charge in [0, 0.05) is 25.4 Å². The van der Waals surface area contributed by atoms with Crippen molar-refractivity contribution in [1.29, 1.82) is 0 Å². The molecular weight excluding hydrogens is 166 g/mol. The smallest absolute Gasteiger partial charge is 0.223 e. The van der Waals surface area contributed by atoms with Crippen LogP contribution in [-0.2, 0) is 4.79 Å². The molecule has 1 aliphatic rings. The Hall–Kier alpha value is -0.830. The molecule has 1 amide bonds. The number of hydrogen-bond donors (Lipinski definition) is 1. The van der Waals surface area contributed by atoms with E-state index in [1.807, 2.05) is 6.08 Å². The lowest BCUT2D eigenvalue weighted by Gasteiger charge is -2.25. The normalized spacial score (nSPS) is 23.8. The molecule has 1 saturated heterocycles. The second-order valence-corrected chi connectivity index (χ2v) is 4.29. The zero-order valence-corrected chi connectivity index (χ0v) is 8.29. The molecule has 0 aliphatic carbocycles. The second-order valence-electron chi connectivity index (χ2n) is 4.29. The lowest BCUT2D eigenvalue weighted by atomic mass is 10.1. The SMILES string of the molecule is C=CC1CC(=O)N(CC(C)(C)O)C1. The second kappa shape index (κ2) is 3.50. The summed E-state index contributed by atoms with van der Waals surface area (Å²) < 4.78 is 0. The number of amides is 1. The van der Waals surface area contributed by atoms with Crippen molar-refractivity contribution in [3.63, 3.8) is 0 Å². The van der Waals surface area contributed by atoms with Crippen LogP contribution in [0.2, 0.25) is 0 Å². The van der Waals surface area contributed by atoms with Crippen LogP contribution in [0.5, 0.6) is 0 Å². The zero-order valence-electron chi connectivity index (χ0n) is 8.29. The summed E-state index contributed by atoms with van der Waals surface area (Å²) in [6, 6.07) is 0. The van der Waals surface area contributed by atoms with Crippen molar-refractivity contribution < 1.29 is 9.90 Å². The number of β-amino-alcohol motifs (C(OH)–C–C–N with tert-alkyl or cyclic N) is 1. The first-order chi connectivity index (χ1) is 5.92. The van der Waals surface area contributed by atoms with Crippen molar-refractivity contribution in [1.82, 2.24) is 4.90 Å². The van der Waals surface area contributed by atoms with Gasteiger partial charge < -0.3 is 10.0 Å². The Balaban J connectivity index is 2.53. The fourth-order valence-electron chi connectivity index (χ4n) is 1.58. The van der Waals surface area contributed by atoms with E-state index in [-0.39, 0.29) is 11.8 Å². The number of rotatable bonds is 3. The molecule has 0 radical (unpaired) electrons. The van der Waals surface area contributed by atoms with Crippen molar-refractivity contribution in [2.75, 3.05) is 13.1 Å². The molecule has 1 atom stereocenters. The van der Waals surface area contributed by atoms with Crippen molar-refractivity contribution in [2.45, 2.75) is 25.9 Å². The van der Waals surface area contributed by atoms with Gasteiger partial charge in [-0.3, -0.25) is 4.79 Å². The van der Waals surface area contributed by atoms with Gasteiger partial charge in [-0.15, -0.1) is 6.58 Å². The van der Waals surface area contributed by atoms with Crippen molar-refractivity contribution in [3.05, 3.63) is 12.7 Å². The van der Waals surface area contributed by atoms with Crippen molar-refractivity contribution in [3.8, 4) is 0 Å². The maximum atomic E-state index is 11.4. The molecule has 0 aromatic rings. The number of carbonyl (C=O) groups excluding carboxylic acids is 1. The lowest BCUT2D eigenvalue weighted by Crippen LogP contribution is -2.39. The molecule has 0 spiro atoms. The third-order valence-electron chi connectivity index (χ3n) is 2.16. The molecule has 0 bridgehead atoms. The first-order valence-electron chi connectivity index (χ1n) is 4.55. The third-order valence-corrected chi connectivity index (χ3v) is 2.16. The number of aliphatic hydroxyl groups is 1. The van der Waals surface area contributed by atoms with Crippen LogP contribution >= 0.6 is 0 Å². The molecule has 1 aliphatic heterocycles. The Labute approximate surface area is 79.0 Å². The summed E-state index contributed by atoms with van der Waals surface area (Å²) in [6.45, 7) is 8.20. The molecule has 1 rings (SSSR count). The van der Waals surface area contributed by atoms with E-state index in [9.17, 15) is 9.90 Å². The highest BCUT2D eigenvalue weighted by molar-refractivity contribution is 5.79. The lowest BCUT2D eigenvalue weighted by molar-refractivity contribution is -0.130. The predicted octanol–water partition coefficient (Wildman–Crippen LogP) is 0.792. The molecule has 1 unspecified atom stereocenters. The molecule has 3 nitrogen and oxygen atoms in total. The van der Waals surface area contributed by atoms with Gasteiger partial charge in [-0.2, -0.15) is 0 Å². The summed E-state index contributed by atoms with van der Waals surface area (Å²) in [5.74, 6) is 0.377. The topological polar surface area (TPSA) is 40.5 Å². The van der Waals surface area contributed by atoms with Crippen molar-refractivity contribution >= 4 is 5.91 Å². The fourth-order valence-corrected chi connectivity index (χ4v) is 1.58. The Morgan fingerprint density at radius 1 is 1.77 bits per heavy atom. The average Bonchev–Trinajstić information content (AvgIpc) is 2.29. The summed E-state index contributed by atoms with van der Waals surface area (Å²) in [7, 11) is 0. The quantitative estimate of drug-likeness (QED) is 0.657. The van der Waals surface area contributed by atoms with E-state index in [0.717, 1.165) is 0 Å². The number of nitrogens with zero attached hydrogens (tertiary/aromatic N) is 1. The summed E-state index contributed by atoms with van der Waals surface area (Å²) in [4.78, 5) is 13.1. The van der Waals surface area contributed by atoms with Crippen LogP contribution in [0, 0.1) is 5.92 Å². The van der Waals surface area contributed by atoms with E-state index in [0.29, 0.717) is 19.5 Å². The molecule has 1 fully saturated rings. The van der Waals surface area contributed by atoms with E-state index in [1.165, 1.54) is 0 Å². The third kappa shape index (κ3) is 2.84. The Kier molecular flexibility index (Phi) is 2.76. The van der Waals surface area contributed by atoms with Crippen molar-refractivity contribution in [2.24, 2.45) is 5.92 Å². The number of carbonyl (C=O) groups is 1. The Bertz CT molecular complexity index is 217. The van der Waals surface area contributed by atoms with E-state index in [4.69, 9.17) is 0 Å². The molecule has 74 valence electrons. The highest BCUT2D eigenvalue weighted by Crippen LogP contribution is 2.20. The summed E-state index contributed by atoms with van der Waals surface area (Å²) in [5.41, 5.74) is -0.800. The van der Waals surface area contributed by atoms with Gasteiger partial charge >= 0.3 is 0 Å². The Morgan fingerprint density at radius 3 is 2.77 bits per heavy atom. The molecule has 13 heavy (non-hydrogen) atoms. The predicted molar refractivity (Wildman–Crippen MR) is 51.2 cm³/mol. The largest absolute Gasteiger partial charge is 0.389 e. The molecule has 3 heteroatoms. The monoisotopic (exact) mass is 183 g/mol. The van der Waals surface area contributed by atoms with Gasteiger partial charge in [0.25, 0.3) is 0 Å². The highest BCUT2D eigenvalue weighted by atomic mass is 16.3. The minimum atomic E-state index is -0.800. The summed E-state index contributed by atoms with van der Waals surface area (Å²) >= 11 is 0. The minimum absolute atomic E-state index is 0.118. The van der Waals surface area contributed by atoms with E-state index < -0.39 is 5.60 Å². The van der Waals surface area contributed by atoms with Gasteiger partial charge in [-0.25, -0.2) is 0 Å². The van der Waals surface area contributed by atoms with Crippen LogP contribution < -0.4 is 0 Å². The molecule has 0 aromatic carbocycles. The van der Waals surface area contributed by atoms with Gasteiger partial charge in [-0.1, -0.05) is 6.08 Å². The Morgan fingerprint density at radius 2 is 2.38 bits per heavy atom. The van der Waals surface area contributed by atoms with E-state index >= 15 is 0 Å². The maximum absolute atomic E-state index is 11.4. The van der Waals surface area contributed by atoms with Crippen LogP contribution in [0.15, 0.2) is 12.7 Å². The highest BCUT2D eigenvalue weighted by Gasteiger charge is 2.30. The van der Waals surface area contributed by atoms with Gasteiger partial charge in [0.2, 0.25) is 5.91 Å². The zero-order chi connectivity index (χ0) is 10.1. The van der Waals surface area contributed by atoms with Gasteiger partial charge in [0.05, 0.1) is 5.60 Å². The fraction of sp³-hybridized carbons (Fsp3) is 0.700. The van der Waals surface area contributed by atoms with Crippen LogP contribution in [-0.4, -0.2) is 34.6 Å². The van der Waals surface area contributed by atoms with Crippen LogP contribution in [0.25, 0.3) is 0 Å².